The van der Waals surface area contributed by atoms with Crippen LogP contribution in [0.5, 0.6) is 0 Å². The third kappa shape index (κ3) is 2.46. The molecule has 0 atom stereocenters. The van der Waals surface area contributed by atoms with Gasteiger partial charge in [0.05, 0.1) is 0 Å². The summed E-state index contributed by atoms with van der Waals surface area (Å²) in [4.78, 5) is 24.4. The number of aromatic nitrogens is 2. The molecule has 4 nitrogen and oxygen atoms in total. The Hall–Kier alpha value is -1.58. The van der Waals surface area contributed by atoms with Crippen LogP contribution in [0, 0.1) is 0 Å². The first kappa shape index (κ1) is 9.96. The van der Waals surface area contributed by atoms with Crippen molar-refractivity contribution in [3.05, 3.63) is 63.4 Å². The maximum atomic E-state index is 11.4. The van der Waals surface area contributed by atoms with Crippen LogP contribution < -0.4 is 15.7 Å². The summed E-state index contributed by atoms with van der Waals surface area (Å²) in [6.45, 7) is 0. The molecule has 0 saturated heterocycles. The second-order valence-corrected chi connectivity index (χ2v) is 5.04. The zero-order valence-corrected chi connectivity index (χ0v) is 9.43. The molecule has 0 aliphatic heterocycles. The summed E-state index contributed by atoms with van der Waals surface area (Å²) in [5.74, 6) is 0. The van der Waals surface area contributed by atoms with Gasteiger partial charge >= 0.3 is 91.6 Å². The number of rotatable bonds is 2. The van der Waals surface area contributed by atoms with E-state index in [-0.39, 0.29) is 26.4 Å². The molecule has 0 bridgehead atoms. The Morgan fingerprint density at radius 3 is 2.47 bits per heavy atom. The van der Waals surface area contributed by atoms with Crippen LogP contribution in [0.1, 0.15) is 0 Å². The van der Waals surface area contributed by atoms with Crippen molar-refractivity contribution in [2.45, 2.75) is 0 Å². The third-order valence-corrected chi connectivity index (χ3v) is 3.77. The molecule has 1 aromatic heterocycles. The molecule has 2 aromatic rings. The normalized spacial score (nSPS) is 10.1. The molecule has 0 aliphatic rings. The first-order chi connectivity index (χ1) is 7.25. The summed E-state index contributed by atoms with van der Waals surface area (Å²) < 4.78 is 2.60. The van der Waals surface area contributed by atoms with Crippen molar-refractivity contribution in [3.8, 4) is 0 Å². The monoisotopic (exact) mass is 268 g/mol. The quantitative estimate of drug-likeness (QED) is 0.734. The van der Waals surface area contributed by atoms with Gasteiger partial charge in [0.25, 0.3) is 0 Å². The van der Waals surface area contributed by atoms with E-state index in [9.17, 15) is 9.59 Å². The van der Waals surface area contributed by atoms with Crippen molar-refractivity contribution in [2.75, 3.05) is 0 Å². The van der Waals surface area contributed by atoms with Gasteiger partial charge in [-0.3, -0.25) is 0 Å². The standard InChI is InChI=1S/C10H8N2O2Se/c13-9-6-7-12(10(14)11-9)15-8-4-2-1-3-5-8/h1-7H,(H,11,13,14). The van der Waals surface area contributed by atoms with Gasteiger partial charge in [-0.05, 0) is 0 Å². The molecule has 15 heavy (non-hydrogen) atoms. The van der Waals surface area contributed by atoms with Gasteiger partial charge in [-0.25, -0.2) is 0 Å². The molecule has 1 aromatic carbocycles. The first-order valence-electron chi connectivity index (χ1n) is 4.31. The van der Waals surface area contributed by atoms with Crippen LogP contribution in [0.15, 0.2) is 52.2 Å². The Morgan fingerprint density at radius 2 is 1.80 bits per heavy atom. The fraction of sp³-hybridized carbons (Fsp3) is 0. The molecular formula is C10H8N2O2Se. The van der Waals surface area contributed by atoms with Crippen LogP contribution in [0.25, 0.3) is 0 Å². The number of benzene rings is 1. The second kappa shape index (κ2) is 4.29. The summed E-state index contributed by atoms with van der Waals surface area (Å²) in [6, 6.07) is 11.0. The Balaban J connectivity index is 2.33. The molecular weight excluding hydrogens is 259 g/mol. The molecule has 76 valence electrons. The third-order valence-electron chi connectivity index (χ3n) is 1.74. The van der Waals surface area contributed by atoms with Crippen molar-refractivity contribution in [1.29, 1.82) is 0 Å². The van der Waals surface area contributed by atoms with E-state index in [0.29, 0.717) is 0 Å². The van der Waals surface area contributed by atoms with E-state index >= 15 is 0 Å². The van der Waals surface area contributed by atoms with Gasteiger partial charge in [-0.1, -0.05) is 0 Å². The predicted molar refractivity (Wildman–Crippen MR) is 58.6 cm³/mol. The number of nitrogens with one attached hydrogen (secondary N) is 1. The Bertz CT molecular complexity index is 559. The summed E-state index contributed by atoms with van der Waals surface area (Å²) in [5, 5.41) is 0. The molecule has 1 N–H and O–H groups in total. The van der Waals surface area contributed by atoms with E-state index in [1.807, 2.05) is 30.3 Å². The van der Waals surface area contributed by atoms with Crippen LogP contribution in [-0.4, -0.2) is 23.7 Å². The Kier molecular flexibility index (Phi) is 2.85. The summed E-state index contributed by atoms with van der Waals surface area (Å²) in [5.41, 5.74) is -0.716. The predicted octanol–water partition coefficient (Wildman–Crippen LogP) is -0.671. The number of hydrogen-bond donors (Lipinski definition) is 1. The minimum atomic E-state index is -0.361. The van der Waals surface area contributed by atoms with Gasteiger partial charge in [0.1, 0.15) is 0 Å². The number of nitrogens with zero attached hydrogens (tertiary/aromatic N) is 1. The minimum absolute atomic E-state index is 0.122. The SMILES string of the molecule is O=c1ccn([Se]c2ccccc2)c(=O)[nH]1. The molecule has 0 radical (unpaired) electrons. The van der Waals surface area contributed by atoms with Crippen LogP contribution in [-0.2, 0) is 0 Å². The van der Waals surface area contributed by atoms with E-state index in [1.165, 1.54) is 15.8 Å². The fourth-order valence-corrected chi connectivity index (χ4v) is 2.66. The van der Waals surface area contributed by atoms with Crippen molar-refractivity contribution in [1.82, 2.24) is 8.57 Å². The van der Waals surface area contributed by atoms with E-state index in [1.54, 1.807) is 0 Å². The van der Waals surface area contributed by atoms with Gasteiger partial charge in [-0.2, -0.15) is 0 Å². The second-order valence-electron chi connectivity index (χ2n) is 2.84. The molecule has 5 heteroatoms. The first-order valence-corrected chi connectivity index (χ1v) is 5.93. The van der Waals surface area contributed by atoms with Crippen LogP contribution in [0.3, 0.4) is 0 Å². The van der Waals surface area contributed by atoms with Crippen molar-refractivity contribution in [3.63, 3.8) is 0 Å². The van der Waals surface area contributed by atoms with Gasteiger partial charge < -0.3 is 0 Å². The maximum absolute atomic E-state index is 11.4. The van der Waals surface area contributed by atoms with Gasteiger partial charge in [-0.15, -0.1) is 0 Å². The van der Waals surface area contributed by atoms with Crippen molar-refractivity contribution >= 4 is 19.6 Å². The van der Waals surface area contributed by atoms with Crippen LogP contribution in [0.4, 0.5) is 0 Å². The molecule has 0 spiro atoms. The zero-order valence-electron chi connectivity index (χ0n) is 7.71. The van der Waals surface area contributed by atoms with Gasteiger partial charge in [0.15, 0.2) is 0 Å². The van der Waals surface area contributed by atoms with Gasteiger partial charge in [0, 0.05) is 0 Å². The topological polar surface area (TPSA) is 54.9 Å². The van der Waals surface area contributed by atoms with E-state index < -0.39 is 0 Å². The van der Waals surface area contributed by atoms with E-state index in [2.05, 4.69) is 4.98 Å². The summed E-state index contributed by atoms with van der Waals surface area (Å²) in [6.07, 6.45) is 1.52. The van der Waals surface area contributed by atoms with Crippen LogP contribution >= 0.6 is 0 Å². The molecule has 0 aliphatic carbocycles. The average Bonchev–Trinajstić information content (AvgIpc) is 2.24. The molecule has 0 unspecified atom stereocenters. The van der Waals surface area contributed by atoms with Crippen LogP contribution in [0.2, 0.25) is 0 Å². The molecule has 0 fully saturated rings. The summed E-state index contributed by atoms with van der Waals surface area (Å²) >= 11 is -0.122. The summed E-state index contributed by atoms with van der Waals surface area (Å²) in [7, 11) is 0. The van der Waals surface area contributed by atoms with E-state index in [4.69, 9.17) is 0 Å². The number of hydrogen-bond acceptors (Lipinski definition) is 2. The number of aromatic amines is 1. The number of H-pyrrole nitrogens is 1. The Morgan fingerprint density at radius 1 is 1.07 bits per heavy atom. The average molecular weight is 267 g/mol. The molecule has 0 saturated carbocycles. The molecule has 2 rings (SSSR count). The Labute approximate surface area is 92.0 Å². The fourth-order valence-electron chi connectivity index (χ4n) is 1.07. The molecule has 1 heterocycles. The van der Waals surface area contributed by atoms with Crippen molar-refractivity contribution < 1.29 is 0 Å². The van der Waals surface area contributed by atoms with Crippen molar-refractivity contribution in [2.24, 2.45) is 0 Å². The zero-order chi connectivity index (χ0) is 10.7. The van der Waals surface area contributed by atoms with Gasteiger partial charge in [0.2, 0.25) is 0 Å². The van der Waals surface area contributed by atoms with E-state index in [0.717, 1.165) is 4.46 Å². The molecule has 0 amide bonds.